The van der Waals surface area contributed by atoms with E-state index >= 15 is 0 Å². The minimum Gasteiger partial charge on any atom is -0.461 e. The predicted molar refractivity (Wildman–Crippen MR) is 63.3 cm³/mol. The van der Waals surface area contributed by atoms with Crippen molar-refractivity contribution in [3.63, 3.8) is 0 Å². The highest BCUT2D eigenvalue weighted by Crippen LogP contribution is 2.23. The normalized spacial score (nSPS) is 10.4. The van der Waals surface area contributed by atoms with E-state index < -0.39 is 0 Å². The molecule has 0 radical (unpaired) electrons. The molecule has 2 heteroatoms. The van der Waals surface area contributed by atoms with Gasteiger partial charge in [0.05, 0.1) is 6.42 Å². The lowest BCUT2D eigenvalue weighted by Gasteiger charge is -1.98. The number of hydrogen-bond donors (Lipinski definition) is 0. The highest BCUT2D eigenvalue weighted by molar-refractivity contribution is 5.77. The van der Waals surface area contributed by atoms with Crippen LogP contribution in [0.4, 0.5) is 0 Å². The van der Waals surface area contributed by atoms with Gasteiger partial charge in [-0.1, -0.05) is 23.8 Å². The van der Waals surface area contributed by atoms with E-state index in [-0.39, 0.29) is 5.78 Å². The molecule has 1 aromatic heterocycles. The second kappa shape index (κ2) is 4.35. The van der Waals surface area contributed by atoms with Crippen molar-refractivity contribution in [3.8, 4) is 11.3 Å². The summed E-state index contributed by atoms with van der Waals surface area (Å²) in [6.07, 6.45) is 0.367. The molecule has 0 fully saturated rings. The van der Waals surface area contributed by atoms with Crippen molar-refractivity contribution in [2.75, 3.05) is 0 Å². The van der Waals surface area contributed by atoms with Crippen molar-refractivity contribution in [2.24, 2.45) is 0 Å². The summed E-state index contributed by atoms with van der Waals surface area (Å²) in [5.41, 5.74) is 2.25. The zero-order chi connectivity index (χ0) is 11.5. The number of Topliss-reactive ketones (excluding diaryl/α,β-unsaturated/α-hetero) is 1. The summed E-state index contributed by atoms with van der Waals surface area (Å²) in [4.78, 5) is 11.0. The first kappa shape index (κ1) is 10.7. The third-order valence-electron chi connectivity index (χ3n) is 2.39. The van der Waals surface area contributed by atoms with Gasteiger partial charge in [0.2, 0.25) is 0 Å². The molecule has 16 heavy (non-hydrogen) atoms. The maximum atomic E-state index is 11.0. The van der Waals surface area contributed by atoms with Crippen molar-refractivity contribution < 1.29 is 9.21 Å². The first-order valence-corrected chi connectivity index (χ1v) is 5.30. The highest BCUT2D eigenvalue weighted by atomic mass is 16.3. The van der Waals surface area contributed by atoms with E-state index in [0.29, 0.717) is 6.42 Å². The fourth-order valence-electron chi connectivity index (χ4n) is 1.67. The van der Waals surface area contributed by atoms with Crippen LogP contribution in [0.3, 0.4) is 0 Å². The summed E-state index contributed by atoms with van der Waals surface area (Å²) in [5.74, 6) is 1.66. The summed E-state index contributed by atoms with van der Waals surface area (Å²) in [6, 6.07) is 11.9. The quantitative estimate of drug-likeness (QED) is 0.784. The van der Waals surface area contributed by atoms with Gasteiger partial charge in [0.1, 0.15) is 17.3 Å². The number of carbonyl (C=O) groups is 1. The maximum Gasteiger partial charge on any atom is 0.137 e. The van der Waals surface area contributed by atoms with Gasteiger partial charge < -0.3 is 4.42 Å². The average molecular weight is 214 g/mol. The monoisotopic (exact) mass is 214 g/mol. The van der Waals surface area contributed by atoms with Crippen LogP contribution in [-0.2, 0) is 11.2 Å². The summed E-state index contributed by atoms with van der Waals surface area (Å²) >= 11 is 0. The van der Waals surface area contributed by atoms with Crippen molar-refractivity contribution in [3.05, 3.63) is 47.7 Å². The maximum absolute atomic E-state index is 11.0. The van der Waals surface area contributed by atoms with E-state index in [9.17, 15) is 4.79 Å². The number of aryl methyl sites for hydroxylation is 1. The van der Waals surface area contributed by atoms with E-state index in [1.54, 1.807) is 6.92 Å². The molecule has 0 saturated heterocycles. The third kappa shape index (κ3) is 2.40. The molecule has 0 N–H and O–H groups in total. The molecule has 1 aromatic carbocycles. The molecule has 0 spiro atoms. The van der Waals surface area contributed by atoms with E-state index in [0.717, 1.165) is 17.1 Å². The molecule has 0 atom stereocenters. The smallest absolute Gasteiger partial charge is 0.137 e. The van der Waals surface area contributed by atoms with E-state index in [4.69, 9.17) is 4.42 Å². The molecule has 1 heterocycles. The molecule has 0 aliphatic heterocycles. The number of carbonyl (C=O) groups excluding carboxylic acids is 1. The van der Waals surface area contributed by atoms with Crippen LogP contribution in [0.1, 0.15) is 18.2 Å². The third-order valence-corrected chi connectivity index (χ3v) is 2.39. The lowest BCUT2D eigenvalue weighted by atomic mass is 10.1. The van der Waals surface area contributed by atoms with Gasteiger partial charge in [0, 0.05) is 5.56 Å². The second-order valence-electron chi connectivity index (χ2n) is 4.01. The van der Waals surface area contributed by atoms with Crippen molar-refractivity contribution >= 4 is 5.78 Å². The largest absolute Gasteiger partial charge is 0.461 e. The Morgan fingerprint density at radius 3 is 2.75 bits per heavy atom. The number of hydrogen-bond acceptors (Lipinski definition) is 2. The lowest BCUT2D eigenvalue weighted by molar-refractivity contribution is -0.116. The molecule has 2 aromatic rings. The van der Waals surface area contributed by atoms with E-state index in [1.807, 2.05) is 37.3 Å². The molecule has 2 nitrogen and oxygen atoms in total. The summed E-state index contributed by atoms with van der Waals surface area (Å²) in [5, 5.41) is 0. The van der Waals surface area contributed by atoms with Gasteiger partial charge in [0.15, 0.2) is 0 Å². The molecule has 0 aliphatic rings. The van der Waals surface area contributed by atoms with Crippen molar-refractivity contribution in [1.82, 2.24) is 0 Å². The Labute approximate surface area is 94.9 Å². The first-order valence-electron chi connectivity index (χ1n) is 5.30. The Morgan fingerprint density at radius 2 is 2.06 bits per heavy atom. The summed E-state index contributed by atoms with van der Waals surface area (Å²) in [7, 11) is 0. The molecule has 0 amide bonds. The fourth-order valence-corrected chi connectivity index (χ4v) is 1.67. The number of benzene rings is 1. The topological polar surface area (TPSA) is 30.2 Å². The van der Waals surface area contributed by atoms with E-state index in [1.165, 1.54) is 5.56 Å². The van der Waals surface area contributed by atoms with Crippen LogP contribution in [0.2, 0.25) is 0 Å². The van der Waals surface area contributed by atoms with Crippen LogP contribution in [0, 0.1) is 6.92 Å². The van der Waals surface area contributed by atoms with Crippen molar-refractivity contribution in [1.29, 1.82) is 0 Å². The molecule has 0 bridgehead atoms. The molecular weight excluding hydrogens is 200 g/mol. The Morgan fingerprint density at radius 1 is 1.25 bits per heavy atom. The fraction of sp³-hybridized carbons (Fsp3) is 0.214. The van der Waals surface area contributed by atoms with Gasteiger partial charge in [-0.05, 0) is 32.0 Å². The molecule has 0 aliphatic carbocycles. The SMILES string of the molecule is CC(=O)Cc1ccc(-c2cccc(C)c2)o1. The van der Waals surface area contributed by atoms with Crippen LogP contribution in [-0.4, -0.2) is 5.78 Å². The van der Waals surface area contributed by atoms with Crippen LogP contribution in [0.25, 0.3) is 11.3 Å². The molecule has 82 valence electrons. The minimum atomic E-state index is 0.116. The van der Waals surface area contributed by atoms with Crippen LogP contribution in [0.15, 0.2) is 40.8 Å². The Kier molecular flexibility index (Phi) is 2.91. The minimum absolute atomic E-state index is 0.116. The van der Waals surface area contributed by atoms with Crippen LogP contribution < -0.4 is 0 Å². The van der Waals surface area contributed by atoms with Gasteiger partial charge in [-0.25, -0.2) is 0 Å². The number of furan rings is 1. The van der Waals surface area contributed by atoms with Gasteiger partial charge in [-0.2, -0.15) is 0 Å². The van der Waals surface area contributed by atoms with Crippen LogP contribution >= 0.6 is 0 Å². The standard InChI is InChI=1S/C14H14O2/c1-10-4-3-5-12(8-10)14-7-6-13(16-14)9-11(2)15/h3-8H,9H2,1-2H3. The molecular formula is C14H14O2. The van der Waals surface area contributed by atoms with Crippen molar-refractivity contribution in [2.45, 2.75) is 20.3 Å². The Hall–Kier alpha value is -1.83. The molecule has 0 unspecified atom stereocenters. The van der Waals surface area contributed by atoms with Crippen LogP contribution in [0.5, 0.6) is 0 Å². The highest BCUT2D eigenvalue weighted by Gasteiger charge is 2.06. The first-order chi connectivity index (χ1) is 7.65. The predicted octanol–water partition coefficient (Wildman–Crippen LogP) is 3.39. The van der Waals surface area contributed by atoms with Gasteiger partial charge in [-0.3, -0.25) is 4.79 Å². The lowest BCUT2D eigenvalue weighted by Crippen LogP contribution is -1.93. The summed E-state index contributed by atoms with van der Waals surface area (Å²) in [6.45, 7) is 3.61. The second-order valence-corrected chi connectivity index (χ2v) is 4.01. The molecule has 0 saturated carbocycles. The summed E-state index contributed by atoms with van der Waals surface area (Å²) < 4.78 is 5.61. The molecule has 2 rings (SSSR count). The Balaban J connectivity index is 2.28. The van der Waals surface area contributed by atoms with E-state index in [2.05, 4.69) is 6.07 Å². The number of rotatable bonds is 3. The van der Waals surface area contributed by atoms with Gasteiger partial charge in [0.25, 0.3) is 0 Å². The van der Waals surface area contributed by atoms with Gasteiger partial charge in [-0.15, -0.1) is 0 Å². The Bertz CT molecular complexity index is 509. The zero-order valence-corrected chi connectivity index (χ0v) is 9.49. The zero-order valence-electron chi connectivity index (χ0n) is 9.49. The average Bonchev–Trinajstić information content (AvgIpc) is 2.65. The number of ketones is 1. The van der Waals surface area contributed by atoms with Gasteiger partial charge >= 0.3 is 0 Å².